The molecule has 0 bridgehead atoms. The lowest BCUT2D eigenvalue weighted by Gasteiger charge is -2.13. The van der Waals surface area contributed by atoms with Crippen molar-refractivity contribution in [3.8, 4) is 0 Å². The van der Waals surface area contributed by atoms with E-state index < -0.39 is 0 Å². The highest BCUT2D eigenvalue weighted by Crippen LogP contribution is 2.26. The summed E-state index contributed by atoms with van der Waals surface area (Å²) < 4.78 is 0.980. The Hall–Kier alpha value is -2.60. The van der Waals surface area contributed by atoms with E-state index in [2.05, 4.69) is 66.6 Å². The quantitative estimate of drug-likeness (QED) is 0.626. The second-order valence-electron chi connectivity index (χ2n) is 5.94. The number of anilines is 5. The summed E-state index contributed by atoms with van der Waals surface area (Å²) in [4.78, 5) is 10.9. The van der Waals surface area contributed by atoms with Crippen LogP contribution in [0.5, 0.6) is 0 Å². The summed E-state index contributed by atoms with van der Waals surface area (Å²) in [6.07, 6.45) is 1.73. The molecule has 0 atom stereocenters. The predicted octanol–water partition coefficient (Wildman–Crippen LogP) is 5.10. The maximum absolute atomic E-state index is 4.52. The van der Waals surface area contributed by atoms with Crippen LogP contribution in [0.1, 0.15) is 5.56 Å². The van der Waals surface area contributed by atoms with E-state index in [1.54, 1.807) is 6.20 Å². The van der Waals surface area contributed by atoms with Gasteiger partial charge in [-0.15, -0.1) is 0 Å². The molecule has 0 amide bonds. The first-order valence-electron chi connectivity index (χ1n) is 7.92. The summed E-state index contributed by atoms with van der Waals surface area (Å²) in [5, 5.41) is 6.53. The zero-order chi connectivity index (χ0) is 17.8. The summed E-state index contributed by atoms with van der Waals surface area (Å²) in [7, 11) is 4.04. The third-order valence-electron chi connectivity index (χ3n) is 3.68. The van der Waals surface area contributed by atoms with Gasteiger partial charge in [-0.25, -0.2) is 4.98 Å². The molecule has 0 saturated heterocycles. The van der Waals surface area contributed by atoms with Crippen LogP contribution in [-0.4, -0.2) is 24.1 Å². The summed E-state index contributed by atoms with van der Waals surface area (Å²) in [5.41, 5.74) is 4.25. The molecule has 6 heteroatoms. The van der Waals surface area contributed by atoms with Gasteiger partial charge >= 0.3 is 0 Å². The molecule has 3 rings (SSSR count). The monoisotopic (exact) mass is 397 g/mol. The molecule has 0 saturated carbocycles. The van der Waals surface area contributed by atoms with Gasteiger partial charge in [0, 0.05) is 36.1 Å². The van der Waals surface area contributed by atoms with Crippen LogP contribution in [0.3, 0.4) is 0 Å². The minimum absolute atomic E-state index is 0.541. The molecule has 25 heavy (non-hydrogen) atoms. The van der Waals surface area contributed by atoms with Gasteiger partial charge in [0.05, 0.1) is 5.69 Å². The Balaban J connectivity index is 1.75. The first-order valence-corrected chi connectivity index (χ1v) is 8.71. The molecule has 0 fully saturated rings. The minimum Gasteiger partial charge on any atom is -0.378 e. The molecule has 0 spiro atoms. The Morgan fingerprint density at radius 3 is 2.40 bits per heavy atom. The Kier molecular flexibility index (Phi) is 5.19. The van der Waals surface area contributed by atoms with Crippen molar-refractivity contribution in [2.45, 2.75) is 6.92 Å². The fraction of sp³-hybridized carbons (Fsp3) is 0.158. The van der Waals surface area contributed by atoms with Gasteiger partial charge in [-0.05, 0) is 70.9 Å². The third kappa shape index (κ3) is 4.48. The zero-order valence-corrected chi connectivity index (χ0v) is 16.0. The van der Waals surface area contributed by atoms with Gasteiger partial charge in [0.25, 0.3) is 0 Å². The lowest BCUT2D eigenvalue weighted by molar-refractivity contribution is 1.13. The number of halogens is 1. The summed E-state index contributed by atoms with van der Waals surface area (Å²) >= 11 is 3.56. The minimum atomic E-state index is 0.541. The van der Waals surface area contributed by atoms with Crippen molar-refractivity contribution in [1.82, 2.24) is 9.97 Å². The van der Waals surface area contributed by atoms with E-state index in [1.807, 2.05) is 44.4 Å². The molecule has 0 aliphatic rings. The second kappa shape index (κ2) is 7.53. The molecular formula is C19H20BrN5. The number of nitrogens with zero attached hydrogens (tertiary/aromatic N) is 3. The largest absolute Gasteiger partial charge is 0.378 e. The van der Waals surface area contributed by atoms with Crippen molar-refractivity contribution >= 4 is 44.8 Å². The van der Waals surface area contributed by atoms with Gasteiger partial charge < -0.3 is 15.5 Å². The maximum Gasteiger partial charge on any atom is 0.229 e. The zero-order valence-electron chi connectivity index (χ0n) is 14.4. The Morgan fingerprint density at radius 1 is 0.960 bits per heavy atom. The molecule has 0 unspecified atom stereocenters. The topological polar surface area (TPSA) is 53.1 Å². The summed E-state index contributed by atoms with van der Waals surface area (Å²) in [5.74, 6) is 1.28. The van der Waals surface area contributed by atoms with Crippen molar-refractivity contribution in [3.63, 3.8) is 0 Å². The molecule has 5 nitrogen and oxygen atoms in total. The Labute approximate surface area is 156 Å². The molecule has 1 heterocycles. The van der Waals surface area contributed by atoms with Crippen LogP contribution < -0.4 is 15.5 Å². The number of hydrogen-bond donors (Lipinski definition) is 2. The molecular weight excluding hydrogens is 378 g/mol. The standard InChI is InChI=1S/C19H20BrN5/c1-13-4-9-17(16(20)12-13)23-19-21-11-10-18(24-19)22-14-5-7-15(8-6-14)25(2)3/h4-12H,1-3H3,(H2,21,22,23,24). The average molecular weight is 398 g/mol. The van der Waals surface area contributed by atoms with Crippen LogP contribution >= 0.6 is 15.9 Å². The molecule has 2 aromatic carbocycles. The van der Waals surface area contributed by atoms with E-state index in [1.165, 1.54) is 5.56 Å². The van der Waals surface area contributed by atoms with Crippen molar-refractivity contribution < 1.29 is 0 Å². The van der Waals surface area contributed by atoms with Crippen LogP contribution in [0, 0.1) is 6.92 Å². The van der Waals surface area contributed by atoms with Crippen molar-refractivity contribution in [3.05, 3.63) is 64.8 Å². The molecule has 3 aromatic rings. The van der Waals surface area contributed by atoms with Crippen LogP contribution in [0.15, 0.2) is 59.2 Å². The van der Waals surface area contributed by atoms with Crippen molar-refractivity contribution in [2.24, 2.45) is 0 Å². The number of benzene rings is 2. The highest BCUT2D eigenvalue weighted by atomic mass is 79.9. The van der Waals surface area contributed by atoms with Gasteiger partial charge in [-0.1, -0.05) is 6.07 Å². The molecule has 128 valence electrons. The van der Waals surface area contributed by atoms with Gasteiger partial charge in [0.15, 0.2) is 0 Å². The highest BCUT2D eigenvalue weighted by Gasteiger charge is 2.04. The summed E-state index contributed by atoms with van der Waals surface area (Å²) in [6.45, 7) is 2.05. The van der Waals surface area contributed by atoms with E-state index in [0.29, 0.717) is 5.95 Å². The Bertz CT molecular complexity index is 862. The lowest BCUT2D eigenvalue weighted by atomic mass is 10.2. The van der Waals surface area contributed by atoms with Gasteiger partial charge in [0.2, 0.25) is 5.95 Å². The lowest BCUT2D eigenvalue weighted by Crippen LogP contribution is -2.08. The second-order valence-corrected chi connectivity index (χ2v) is 6.79. The van der Waals surface area contributed by atoms with Crippen LogP contribution in [-0.2, 0) is 0 Å². The molecule has 0 aliphatic heterocycles. The Morgan fingerprint density at radius 2 is 1.72 bits per heavy atom. The van der Waals surface area contributed by atoms with Crippen molar-refractivity contribution in [2.75, 3.05) is 29.6 Å². The smallest absolute Gasteiger partial charge is 0.229 e. The molecule has 0 radical (unpaired) electrons. The van der Waals surface area contributed by atoms with E-state index in [9.17, 15) is 0 Å². The number of aromatic nitrogens is 2. The SMILES string of the molecule is Cc1ccc(Nc2nccc(Nc3ccc(N(C)C)cc3)n2)c(Br)c1. The molecule has 1 aromatic heterocycles. The maximum atomic E-state index is 4.52. The van der Waals surface area contributed by atoms with Crippen LogP contribution in [0.2, 0.25) is 0 Å². The van der Waals surface area contributed by atoms with Gasteiger partial charge in [-0.3, -0.25) is 0 Å². The van der Waals surface area contributed by atoms with E-state index in [0.717, 1.165) is 27.4 Å². The number of hydrogen-bond acceptors (Lipinski definition) is 5. The van der Waals surface area contributed by atoms with Crippen molar-refractivity contribution in [1.29, 1.82) is 0 Å². The fourth-order valence-electron chi connectivity index (χ4n) is 2.32. The highest BCUT2D eigenvalue weighted by molar-refractivity contribution is 9.10. The fourth-order valence-corrected chi connectivity index (χ4v) is 2.91. The molecule has 0 aliphatic carbocycles. The van der Waals surface area contributed by atoms with E-state index in [-0.39, 0.29) is 0 Å². The third-order valence-corrected chi connectivity index (χ3v) is 4.34. The van der Waals surface area contributed by atoms with Crippen LogP contribution in [0.25, 0.3) is 0 Å². The average Bonchev–Trinajstić information content (AvgIpc) is 2.58. The predicted molar refractivity (Wildman–Crippen MR) is 108 cm³/mol. The van der Waals surface area contributed by atoms with E-state index >= 15 is 0 Å². The first-order chi connectivity index (χ1) is 12.0. The normalized spacial score (nSPS) is 10.4. The van der Waals surface area contributed by atoms with Gasteiger partial charge in [0.1, 0.15) is 5.82 Å². The number of aryl methyl sites for hydroxylation is 1. The first kappa shape index (κ1) is 17.2. The van der Waals surface area contributed by atoms with Crippen LogP contribution in [0.4, 0.5) is 28.8 Å². The number of nitrogens with one attached hydrogen (secondary N) is 2. The summed E-state index contributed by atoms with van der Waals surface area (Å²) in [6, 6.07) is 16.1. The van der Waals surface area contributed by atoms with E-state index in [4.69, 9.17) is 0 Å². The van der Waals surface area contributed by atoms with Gasteiger partial charge in [-0.2, -0.15) is 4.98 Å². The molecule has 2 N–H and O–H groups in total. The number of rotatable bonds is 5.